The van der Waals surface area contributed by atoms with E-state index in [-0.39, 0.29) is 42.4 Å². The lowest BCUT2D eigenvalue weighted by Crippen LogP contribution is -2.57. The number of carbonyl (C=O) groups is 3. The molecule has 0 aliphatic carbocycles. The van der Waals surface area contributed by atoms with Gasteiger partial charge in [-0.15, -0.1) is 0 Å². The monoisotopic (exact) mass is 710 g/mol. The van der Waals surface area contributed by atoms with Crippen molar-refractivity contribution < 1.29 is 29.3 Å². The number of rotatable bonds is 3. The number of aliphatic hydroxyl groups is 1. The molecule has 1 aliphatic rings. The van der Waals surface area contributed by atoms with Crippen LogP contribution in [0.25, 0.3) is 10.9 Å². The standard InChI is InChI=1S/C36H47BrN4O6/c1-20-15-21(2)17-23(4)47-32(43)19-30(25-11-13-26(42)14-12-25)40-35(45)31(18-28-27-9-7-8-10-29(27)39-33(28)37)41(6)36(46)24(5)38-34(44)22(3)16-20/h7-15,21-24,30-31,36,39,42,46H,16-19H2,1-6H3,(H,38,44)(H,40,45)/b20-15+/t21-,22+,23-,24-,30+,31+,36?/m0/s1. The predicted octanol–water partition coefficient (Wildman–Crippen LogP) is 5.49. The third kappa shape index (κ3) is 9.46. The van der Waals surface area contributed by atoms with E-state index in [9.17, 15) is 24.6 Å². The number of benzene rings is 2. The lowest BCUT2D eigenvalue weighted by molar-refractivity contribution is -0.149. The molecule has 0 spiro atoms. The highest BCUT2D eigenvalue weighted by Crippen LogP contribution is 2.30. The molecule has 2 amide bonds. The average molecular weight is 712 g/mol. The Labute approximate surface area is 285 Å². The van der Waals surface area contributed by atoms with Gasteiger partial charge >= 0.3 is 5.97 Å². The number of cyclic esters (lactones) is 1. The van der Waals surface area contributed by atoms with Crippen LogP contribution in [0.15, 0.2) is 64.8 Å². The highest BCUT2D eigenvalue weighted by atomic mass is 79.9. The van der Waals surface area contributed by atoms with E-state index in [4.69, 9.17) is 4.74 Å². The summed E-state index contributed by atoms with van der Waals surface area (Å²) < 4.78 is 6.52. The molecule has 254 valence electrons. The summed E-state index contributed by atoms with van der Waals surface area (Å²) in [6, 6.07) is 11.7. The molecule has 0 radical (unpaired) electrons. The lowest BCUT2D eigenvalue weighted by atomic mass is 9.95. The fourth-order valence-corrected chi connectivity index (χ4v) is 6.98. The highest BCUT2D eigenvalue weighted by molar-refractivity contribution is 9.10. The summed E-state index contributed by atoms with van der Waals surface area (Å²) >= 11 is 3.62. The van der Waals surface area contributed by atoms with Gasteiger partial charge in [0.2, 0.25) is 11.8 Å². The van der Waals surface area contributed by atoms with Crippen molar-refractivity contribution >= 4 is 44.6 Å². The highest BCUT2D eigenvalue weighted by Gasteiger charge is 2.35. The SMILES string of the molecule is C/C1=C\[C@H](C)C[C@H](C)OC(=O)C[C@H](c2ccc(O)cc2)NC(=O)[C@@H](Cc2c(Br)[nH]c3ccccc23)N(C)C(O)[C@H](C)NC(=O)[C@H](C)C1. The predicted molar refractivity (Wildman–Crippen MR) is 185 cm³/mol. The van der Waals surface area contributed by atoms with Gasteiger partial charge in [-0.05, 0) is 91.8 Å². The van der Waals surface area contributed by atoms with Crippen molar-refractivity contribution in [1.82, 2.24) is 20.5 Å². The second kappa shape index (κ2) is 16.0. The van der Waals surface area contributed by atoms with Gasteiger partial charge in [-0.3, -0.25) is 19.3 Å². The molecule has 3 aromatic rings. The van der Waals surface area contributed by atoms with E-state index in [2.05, 4.69) is 37.6 Å². The maximum Gasteiger partial charge on any atom is 0.308 e. The quantitative estimate of drug-likeness (QED) is 0.179. The number of hydrogen-bond donors (Lipinski definition) is 5. The normalized spacial score (nSPS) is 29.1. The molecule has 0 saturated carbocycles. The number of esters is 1. The minimum absolute atomic E-state index is 0.0555. The molecule has 5 N–H and O–H groups in total. The Morgan fingerprint density at radius 3 is 2.34 bits per heavy atom. The van der Waals surface area contributed by atoms with Crippen molar-refractivity contribution in [3.05, 3.63) is 75.9 Å². The molecule has 11 heteroatoms. The van der Waals surface area contributed by atoms with E-state index in [0.29, 0.717) is 23.0 Å². The van der Waals surface area contributed by atoms with Crippen LogP contribution in [-0.2, 0) is 25.5 Å². The van der Waals surface area contributed by atoms with Crippen molar-refractivity contribution in [1.29, 1.82) is 0 Å². The summed E-state index contributed by atoms with van der Waals surface area (Å²) in [7, 11) is 1.64. The van der Waals surface area contributed by atoms with Crippen molar-refractivity contribution in [2.75, 3.05) is 7.05 Å². The van der Waals surface area contributed by atoms with E-state index in [1.165, 1.54) is 12.1 Å². The van der Waals surface area contributed by atoms with Crippen LogP contribution in [0.3, 0.4) is 0 Å². The summed E-state index contributed by atoms with van der Waals surface area (Å²) in [6.45, 7) is 9.43. The van der Waals surface area contributed by atoms with Gasteiger partial charge in [-0.25, -0.2) is 0 Å². The molecule has 0 bridgehead atoms. The smallest absolute Gasteiger partial charge is 0.308 e. The molecule has 47 heavy (non-hydrogen) atoms. The van der Waals surface area contributed by atoms with E-state index < -0.39 is 36.2 Å². The van der Waals surface area contributed by atoms with Gasteiger partial charge in [0.1, 0.15) is 12.0 Å². The molecule has 4 rings (SSSR count). The molecular formula is C36H47BrN4O6. The number of likely N-dealkylation sites (N-methyl/N-ethyl adjacent to an activating group) is 1. The van der Waals surface area contributed by atoms with E-state index in [1.54, 1.807) is 31.0 Å². The molecule has 2 aromatic carbocycles. The molecule has 0 fully saturated rings. The fourth-order valence-electron chi connectivity index (χ4n) is 6.40. The number of aromatic amines is 1. The Kier molecular flexibility index (Phi) is 12.3. The molecule has 1 aromatic heterocycles. The largest absolute Gasteiger partial charge is 0.508 e. The van der Waals surface area contributed by atoms with E-state index in [0.717, 1.165) is 22.0 Å². The van der Waals surface area contributed by atoms with E-state index >= 15 is 0 Å². The van der Waals surface area contributed by atoms with Crippen molar-refractivity contribution in [3.63, 3.8) is 0 Å². The van der Waals surface area contributed by atoms with E-state index in [1.807, 2.05) is 52.0 Å². The van der Waals surface area contributed by atoms with Crippen LogP contribution in [0.4, 0.5) is 0 Å². The average Bonchev–Trinajstić information content (AvgIpc) is 3.32. The van der Waals surface area contributed by atoms with Crippen LogP contribution in [0.2, 0.25) is 0 Å². The molecule has 10 nitrogen and oxygen atoms in total. The summed E-state index contributed by atoms with van der Waals surface area (Å²) in [6.07, 6.45) is 1.70. The first-order chi connectivity index (χ1) is 22.2. The number of para-hydroxylation sites is 1. The Balaban J connectivity index is 1.74. The Morgan fingerprint density at radius 2 is 1.64 bits per heavy atom. The molecule has 1 unspecified atom stereocenters. The Morgan fingerprint density at radius 1 is 0.957 bits per heavy atom. The second-order valence-corrected chi connectivity index (χ2v) is 13.8. The minimum Gasteiger partial charge on any atom is -0.508 e. The molecular weight excluding hydrogens is 664 g/mol. The molecule has 0 saturated heterocycles. The number of aromatic nitrogens is 1. The van der Waals surface area contributed by atoms with Crippen LogP contribution in [0.1, 0.15) is 71.0 Å². The topological polar surface area (TPSA) is 144 Å². The number of fused-ring (bicyclic) bond motifs is 1. The minimum atomic E-state index is -1.22. The maximum absolute atomic E-state index is 14.3. The number of H-pyrrole nitrogens is 1. The fraction of sp³-hybridized carbons (Fsp3) is 0.472. The number of carbonyl (C=O) groups excluding carboxylic acids is 3. The van der Waals surface area contributed by atoms with Gasteiger partial charge in [0.05, 0.1) is 35.3 Å². The number of phenols is 1. The number of phenolic OH excluding ortho intramolecular Hbond substituents is 1. The van der Waals surface area contributed by atoms with Crippen molar-refractivity contribution in [2.45, 2.75) is 90.8 Å². The van der Waals surface area contributed by atoms with Crippen molar-refractivity contribution in [3.8, 4) is 5.75 Å². The van der Waals surface area contributed by atoms with Crippen LogP contribution in [-0.4, -0.2) is 69.3 Å². The summed E-state index contributed by atoms with van der Waals surface area (Å²) in [5.41, 5.74) is 3.40. The number of nitrogens with zero attached hydrogens (tertiary/aromatic N) is 1. The zero-order valence-electron chi connectivity index (χ0n) is 27.9. The van der Waals surface area contributed by atoms with Crippen LogP contribution >= 0.6 is 15.9 Å². The van der Waals surface area contributed by atoms with Gasteiger partial charge in [0.15, 0.2) is 0 Å². The molecule has 7 atom stereocenters. The van der Waals surface area contributed by atoms with Crippen LogP contribution in [0, 0.1) is 11.8 Å². The van der Waals surface area contributed by atoms with Crippen LogP contribution < -0.4 is 10.6 Å². The van der Waals surface area contributed by atoms with Crippen LogP contribution in [0.5, 0.6) is 5.75 Å². The maximum atomic E-state index is 14.3. The number of aliphatic hydroxyl groups excluding tert-OH is 1. The first-order valence-corrected chi connectivity index (χ1v) is 16.9. The first kappa shape index (κ1) is 36.2. The third-order valence-electron chi connectivity index (χ3n) is 8.85. The van der Waals surface area contributed by atoms with Gasteiger partial charge in [0.25, 0.3) is 0 Å². The summed E-state index contributed by atoms with van der Waals surface area (Å²) in [5.74, 6) is -1.29. The van der Waals surface area contributed by atoms with Gasteiger partial charge in [-0.2, -0.15) is 0 Å². The third-order valence-corrected chi connectivity index (χ3v) is 9.53. The number of nitrogens with one attached hydrogen (secondary N) is 3. The first-order valence-electron chi connectivity index (χ1n) is 16.1. The number of aromatic hydroxyl groups is 1. The number of halogens is 1. The Bertz CT molecular complexity index is 1590. The molecule has 2 heterocycles. The summed E-state index contributed by atoms with van der Waals surface area (Å²) in [5, 5.41) is 28.4. The zero-order chi connectivity index (χ0) is 34.4. The van der Waals surface area contributed by atoms with Gasteiger partial charge < -0.3 is 30.6 Å². The molecule has 1 aliphatic heterocycles. The number of hydrogen-bond acceptors (Lipinski definition) is 7. The summed E-state index contributed by atoms with van der Waals surface area (Å²) in [4.78, 5) is 45.7. The zero-order valence-corrected chi connectivity index (χ0v) is 29.5. The van der Waals surface area contributed by atoms with Gasteiger partial charge in [0, 0.05) is 23.2 Å². The second-order valence-electron chi connectivity index (χ2n) is 13.0. The Hall–Kier alpha value is -3.67. The lowest BCUT2D eigenvalue weighted by Gasteiger charge is -2.35. The number of amides is 2. The number of ether oxygens (including phenoxy) is 1. The van der Waals surface area contributed by atoms with Gasteiger partial charge in [-0.1, -0.05) is 55.8 Å². The number of allylic oxidation sites excluding steroid dienone is 2. The van der Waals surface area contributed by atoms with Crippen molar-refractivity contribution in [2.24, 2.45) is 11.8 Å².